The third-order valence-electron chi connectivity index (χ3n) is 1.53. The summed E-state index contributed by atoms with van der Waals surface area (Å²) in [5.74, 6) is 0. The summed E-state index contributed by atoms with van der Waals surface area (Å²) in [6.07, 6.45) is 0. The lowest BCUT2D eigenvalue weighted by molar-refractivity contribution is 0.268. The van der Waals surface area contributed by atoms with Crippen molar-refractivity contribution in [2.75, 3.05) is 6.61 Å². The Kier molecular flexibility index (Phi) is 3.98. The smallest absolute Gasteiger partial charge is 0.131 e. The van der Waals surface area contributed by atoms with Gasteiger partial charge in [-0.05, 0) is 23.2 Å². The van der Waals surface area contributed by atoms with E-state index in [1.54, 1.807) is 0 Å². The Labute approximate surface area is 89.9 Å². The van der Waals surface area contributed by atoms with Crippen molar-refractivity contribution >= 4 is 23.2 Å². The summed E-state index contributed by atoms with van der Waals surface area (Å²) in [6.45, 7) is -0.305. The second-order valence-electron chi connectivity index (χ2n) is 2.45. The Balaban J connectivity index is 3.09. The number of hydrogen-bond acceptors (Lipinski definition) is 3. The number of aromatic nitrogens is 1. The predicted molar refractivity (Wildman–Crippen MR) is 53.2 cm³/mol. The van der Waals surface area contributed by atoms with Crippen LogP contribution in [0.4, 0.5) is 0 Å². The number of aliphatic hydroxyl groups is 1. The molecule has 0 aliphatic rings. The van der Waals surface area contributed by atoms with Gasteiger partial charge in [0.1, 0.15) is 10.3 Å². The average molecular weight is 233 g/mol. The number of aliphatic hydroxyl groups excluding tert-OH is 1. The summed E-state index contributed by atoms with van der Waals surface area (Å²) in [6, 6.07) is 2.30. The van der Waals surface area contributed by atoms with Gasteiger partial charge in [0, 0.05) is 4.91 Å². The molecule has 0 aliphatic heterocycles. The zero-order valence-electron chi connectivity index (χ0n) is 6.93. The van der Waals surface area contributed by atoms with Crippen molar-refractivity contribution in [2.24, 2.45) is 5.11 Å². The lowest BCUT2D eigenvalue weighted by Gasteiger charge is -2.07. The van der Waals surface area contributed by atoms with Gasteiger partial charge >= 0.3 is 0 Å². The topological polar surface area (TPSA) is 81.9 Å². The second-order valence-corrected chi connectivity index (χ2v) is 3.22. The third kappa shape index (κ3) is 2.75. The van der Waals surface area contributed by atoms with E-state index in [1.165, 1.54) is 12.1 Å². The zero-order valence-corrected chi connectivity index (χ0v) is 8.44. The van der Waals surface area contributed by atoms with Crippen LogP contribution in [0.25, 0.3) is 10.4 Å². The molecule has 0 saturated carbocycles. The van der Waals surface area contributed by atoms with Crippen molar-refractivity contribution < 1.29 is 5.11 Å². The maximum absolute atomic E-state index is 8.92. The molecule has 1 unspecified atom stereocenters. The van der Waals surface area contributed by atoms with Gasteiger partial charge in [-0.15, -0.1) is 0 Å². The molecular formula is C7H6Cl2N4O. The molecule has 1 heterocycles. The molecule has 0 saturated heterocycles. The highest BCUT2D eigenvalue weighted by atomic mass is 35.5. The van der Waals surface area contributed by atoms with E-state index in [0.29, 0.717) is 5.56 Å². The number of hydrogen-bond donors (Lipinski definition) is 1. The van der Waals surface area contributed by atoms with Crippen LogP contribution in [-0.4, -0.2) is 16.7 Å². The van der Waals surface area contributed by atoms with Gasteiger partial charge in [-0.1, -0.05) is 28.3 Å². The number of rotatable bonds is 3. The first-order valence-electron chi connectivity index (χ1n) is 3.65. The van der Waals surface area contributed by atoms with Crippen molar-refractivity contribution in [1.29, 1.82) is 0 Å². The summed E-state index contributed by atoms with van der Waals surface area (Å²) >= 11 is 11.3. The van der Waals surface area contributed by atoms with Crippen LogP contribution in [-0.2, 0) is 0 Å². The highest BCUT2D eigenvalue weighted by Gasteiger charge is 2.10. The van der Waals surface area contributed by atoms with Gasteiger partial charge in [0.2, 0.25) is 0 Å². The second kappa shape index (κ2) is 5.02. The van der Waals surface area contributed by atoms with Crippen LogP contribution in [0.1, 0.15) is 11.6 Å². The highest BCUT2D eigenvalue weighted by Crippen LogP contribution is 2.22. The number of halogens is 2. The molecule has 1 aromatic rings. The SMILES string of the molecule is [N-]=[N+]=NC(CO)c1cc(Cl)nc(Cl)c1. The van der Waals surface area contributed by atoms with Gasteiger partial charge in [0.15, 0.2) is 0 Å². The predicted octanol–water partition coefficient (Wildman–Crippen LogP) is 2.73. The fourth-order valence-electron chi connectivity index (χ4n) is 0.947. The van der Waals surface area contributed by atoms with Crippen LogP contribution in [0.3, 0.4) is 0 Å². The van der Waals surface area contributed by atoms with Gasteiger partial charge in [0.05, 0.1) is 12.6 Å². The highest BCUT2D eigenvalue weighted by molar-refractivity contribution is 6.32. The monoisotopic (exact) mass is 232 g/mol. The maximum Gasteiger partial charge on any atom is 0.131 e. The Bertz CT molecular complexity index is 358. The molecule has 14 heavy (non-hydrogen) atoms. The first-order valence-corrected chi connectivity index (χ1v) is 4.41. The Morgan fingerprint density at radius 2 is 2.07 bits per heavy atom. The summed E-state index contributed by atoms with van der Waals surface area (Å²) in [7, 11) is 0. The van der Waals surface area contributed by atoms with Crippen LogP contribution < -0.4 is 0 Å². The van der Waals surface area contributed by atoms with E-state index >= 15 is 0 Å². The number of pyridine rings is 1. The summed E-state index contributed by atoms with van der Waals surface area (Å²) in [4.78, 5) is 6.33. The Morgan fingerprint density at radius 3 is 2.50 bits per heavy atom. The molecule has 1 aromatic heterocycles. The molecule has 7 heteroatoms. The van der Waals surface area contributed by atoms with Crippen LogP contribution in [0.15, 0.2) is 17.2 Å². The fourth-order valence-corrected chi connectivity index (χ4v) is 1.42. The molecule has 0 bridgehead atoms. The molecule has 0 amide bonds. The molecule has 0 aliphatic carbocycles. The van der Waals surface area contributed by atoms with E-state index in [4.69, 9.17) is 33.8 Å². The first-order chi connectivity index (χ1) is 6.67. The van der Waals surface area contributed by atoms with E-state index in [-0.39, 0.29) is 16.9 Å². The summed E-state index contributed by atoms with van der Waals surface area (Å²) in [5, 5.41) is 12.7. The van der Waals surface area contributed by atoms with Crippen molar-refractivity contribution in [2.45, 2.75) is 6.04 Å². The molecule has 1 N–H and O–H groups in total. The van der Waals surface area contributed by atoms with Crippen LogP contribution in [0, 0.1) is 0 Å². The Morgan fingerprint density at radius 1 is 1.50 bits per heavy atom. The van der Waals surface area contributed by atoms with Crippen molar-refractivity contribution in [3.63, 3.8) is 0 Å². The van der Waals surface area contributed by atoms with E-state index in [0.717, 1.165) is 0 Å². The van der Waals surface area contributed by atoms with Crippen molar-refractivity contribution in [3.05, 3.63) is 38.4 Å². The molecule has 0 aromatic carbocycles. The Hall–Kier alpha value is -1.00. The lowest BCUT2D eigenvalue weighted by Crippen LogP contribution is -2.00. The maximum atomic E-state index is 8.92. The summed E-state index contributed by atoms with van der Waals surface area (Å²) in [5.41, 5.74) is 8.77. The average Bonchev–Trinajstić information content (AvgIpc) is 2.12. The van der Waals surface area contributed by atoms with Crippen LogP contribution >= 0.6 is 23.2 Å². The molecule has 0 radical (unpaired) electrons. The minimum Gasteiger partial charge on any atom is -0.396 e. The largest absolute Gasteiger partial charge is 0.396 e. The molecule has 0 fully saturated rings. The van der Waals surface area contributed by atoms with E-state index in [2.05, 4.69) is 15.0 Å². The summed E-state index contributed by atoms with van der Waals surface area (Å²) < 4.78 is 0. The quantitative estimate of drug-likeness (QED) is 0.376. The molecule has 0 spiro atoms. The number of nitrogens with zero attached hydrogens (tertiary/aromatic N) is 4. The van der Waals surface area contributed by atoms with Crippen molar-refractivity contribution in [3.8, 4) is 0 Å². The molecule has 1 atom stereocenters. The van der Waals surface area contributed by atoms with Gasteiger partial charge in [-0.2, -0.15) is 0 Å². The van der Waals surface area contributed by atoms with Gasteiger partial charge in [-0.25, -0.2) is 4.98 Å². The van der Waals surface area contributed by atoms with E-state index in [9.17, 15) is 0 Å². The minimum absolute atomic E-state index is 0.194. The van der Waals surface area contributed by atoms with Crippen LogP contribution in [0.5, 0.6) is 0 Å². The number of azide groups is 1. The van der Waals surface area contributed by atoms with Crippen molar-refractivity contribution in [1.82, 2.24) is 4.98 Å². The third-order valence-corrected chi connectivity index (χ3v) is 1.92. The first kappa shape index (κ1) is 11.1. The zero-order chi connectivity index (χ0) is 10.6. The van der Waals surface area contributed by atoms with Gasteiger partial charge in [0.25, 0.3) is 0 Å². The lowest BCUT2D eigenvalue weighted by atomic mass is 10.1. The standard InChI is InChI=1S/C7H6Cl2N4O/c8-6-1-4(2-7(9)11-6)5(3-14)12-13-10/h1-2,5,14H,3H2. The fraction of sp³-hybridized carbons (Fsp3) is 0.286. The van der Waals surface area contributed by atoms with E-state index < -0.39 is 6.04 Å². The molecule has 5 nitrogen and oxygen atoms in total. The van der Waals surface area contributed by atoms with Crippen LogP contribution in [0.2, 0.25) is 10.3 Å². The molecule has 74 valence electrons. The normalized spacial score (nSPS) is 11.9. The minimum atomic E-state index is -0.682. The van der Waals surface area contributed by atoms with Gasteiger partial charge in [-0.3, -0.25) is 0 Å². The van der Waals surface area contributed by atoms with E-state index in [1.807, 2.05) is 0 Å². The van der Waals surface area contributed by atoms with Gasteiger partial charge < -0.3 is 5.11 Å². The molecular weight excluding hydrogens is 227 g/mol. The molecule has 1 rings (SSSR count).